The van der Waals surface area contributed by atoms with E-state index in [2.05, 4.69) is 5.32 Å². The molecule has 0 atom stereocenters. The minimum Gasteiger partial charge on any atom is -0.463 e. The molecule has 21 heavy (non-hydrogen) atoms. The SMILES string of the molecule is CCOC(=O)C=C(Nc1ccccc1Cl)c1ccccc1. The van der Waals surface area contributed by atoms with Gasteiger partial charge in [0.2, 0.25) is 0 Å². The molecule has 0 bridgehead atoms. The average molecular weight is 302 g/mol. The molecule has 2 rings (SSSR count). The highest BCUT2D eigenvalue weighted by atomic mass is 35.5. The van der Waals surface area contributed by atoms with Crippen molar-refractivity contribution >= 4 is 29.0 Å². The van der Waals surface area contributed by atoms with E-state index in [4.69, 9.17) is 16.3 Å². The van der Waals surface area contributed by atoms with Gasteiger partial charge in [-0.15, -0.1) is 0 Å². The zero-order valence-electron chi connectivity index (χ0n) is 11.7. The van der Waals surface area contributed by atoms with Crippen LogP contribution in [0.1, 0.15) is 12.5 Å². The van der Waals surface area contributed by atoms with E-state index in [0.29, 0.717) is 17.3 Å². The van der Waals surface area contributed by atoms with Gasteiger partial charge >= 0.3 is 5.97 Å². The maximum atomic E-state index is 11.7. The molecule has 0 aromatic heterocycles. The highest BCUT2D eigenvalue weighted by molar-refractivity contribution is 6.33. The Morgan fingerprint density at radius 2 is 1.81 bits per heavy atom. The highest BCUT2D eigenvalue weighted by Crippen LogP contribution is 2.25. The summed E-state index contributed by atoms with van der Waals surface area (Å²) in [7, 11) is 0. The molecule has 4 heteroatoms. The number of hydrogen-bond acceptors (Lipinski definition) is 3. The lowest BCUT2D eigenvalue weighted by Gasteiger charge is -2.12. The van der Waals surface area contributed by atoms with Gasteiger partial charge in [-0.25, -0.2) is 4.79 Å². The normalized spacial score (nSPS) is 11.0. The van der Waals surface area contributed by atoms with Crippen molar-refractivity contribution in [2.75, 3.05) is 11.9 Å². The Morgan fingerprint density at radius 1 is 1.14 bits per heavy atom. The molecular formula is C17H16ClNO2. The lowest BCUT2D eigenvalue weighted by Crippen LogP contribution is -2.06. The second kappa shape index (κ2) is 7.50. The lowest BCUT2D eigenvalue weighted by molar-refractivity contribution is -0.137. The van der Waals surface area contributed by atoms with Gasteiger partial charge in [0, 0.05) is 6.08 Å². The Morgan fingerprint density at radius 3 is 2.48 bits per heavy atom. The number of anilines is 1. The van der Waals surface area contributed by atoms with Gasteiger partial charge in [0.1, 0.15) is 0 Å². The van der Waals surface area contributed by atoms with Crippen molar-refractivity contribution in [3.8, 4) is 0 Å². The van der Waals surface area contributed by atoms with Gasteiger partial charge in [-0.05, 0) is 24.6 Å². The summed E-state index contributed by atoms with van der Waals surface area (Å²) < 4.78 is 4.97. The third kappa shape index (κ3) is 4.36. The van der Waals surface area contributed by atoms with E-state index in [0.717, 1.165) is 11.3 Å². The zero-order valence-corrected chi connectivity index (χ0v) is 12.4. The first-order valence-electron chi connectivity index (χ1n) is 6.66. The fourth-order valence-electron chi connectivity index (χ4n) is 1.82. The van der Waals surface area contributed by atoms with Crippen LogP contribution in [0.25, 0.3) is 5.70 Å². The summed E-state index contributed by atoms with van der Waals surface area (Å²) in [5, 5.41) is 3.77. The molecule has 0 aliphatic carbocycles. The summed E-state index contributed by atoms with van der Waals surface area (Å²) in [4.78, 5) is 11.7. The number of carbonyl (C=O) groups is 1. The molecule has 0 amide bonds. The molecule has 3 nitrogen and oxygen atoms in total. The number of ether oxygens (including phenoxy) is 1. The van der Waals surface area contributed by atoms with Gasteiger partial charge in [0.25, 0.3) is 0 Å². The van der Waals surface area contributed by atoms with Crippen molar-refractivity contribution in [3.63, 3.8) is 0 Å². The third-order valence-corrected chi connectivity index (χ3v) is 3.11. The van der Waals surface area contributed by atoms with Crippen molar-refractivity contribution in [2.24, 2.45) is 0 Å². The number of para-hydroxylation sites is 1. The van der Waals surface area contributed by atoms with Crippen molar-refractivity contribution in [2.45, 2.75) is 6.92 Å². The van der Waals surface area contributed by atoms with Crippen LogP contribution < -0.4 is 5.32 Å². The molecule has 0 aliphatic heterocycles. The summed E-state index contributed by atoms with van der Waals surface area (Å²) in [5.74, 6) is -0.393. The van der Waals surface area contributed by atoms with E-state index >= 15 is 0 Å². The molecule has 0 radical (unpaired) electrons. The molecule has 0 spiro atoms. The van der Waals surface area contributed by atoms with E-state index in [1.54, 1.807) is 13.0 Å². The highest BCUT2D eigenvalue weighted by Gasteiger charge is 2.07. The standard InChI is InChI=1S/C17H16ClNO2/c1-2-21-17(20)12-16(13-8-4-3-5-9-13)19-15-11-7-6-10-14(15)18/h3-12,19H,2H2,1H3. The van der Waals surface area contributed by atoms with E-state index in [1.807, 2.05) is 48.5 Å². The summed E-state index contributed by atoms with van der Waals surface area (Å²) in [6.07, 6.45) is 1.43. The minimum absolute atomic E-state index is 0.337. The topological polar surface area (TPSA) is 38.3 Å². The molecule has 0 aliphatic rings. The fourth-order valence-corrected chi connectivity index (χ4v) is 2.00. The van der Waals surface area contributed by atoms with Crippen molar-refractivity contribution in [1.82, 2.24) is 0 Å². The molecule has 1 N–H and O–H groups in total. The molecule has 0 heterocycles. The number of halogens is 1. The van der Waals surface area contributed by atoms with E-state index < -0.39 is 5.97 Å². The Bertz CT molecular complexity index is 638. The summed E-state index contributed by atoms with van der Waals surface area (Å²) in [5.41, 5.74) is 2.26. The predicted octanol–water partition coefficient (Wildman–Crippen LogP) is 4.36. The average Bonchev–Trinajstić information content (AvgIpc) is 2.50. The van der Waals surface area contributed by atoms with Crippen molar-refractivity contribution in [1.29, 1.82) is 0 Å². The maximum absolute atomic E-state index is 11.7. The quantitative estimate of drug-likeness (QED) is 0.659. The molecule has 0 saturated carbocycles. The second-order valence-electron chi connectivity index (χ2n) is 4.28. The number of rotatable bonds is 5. The number of nitrogens with one attached hydrogen (secondary N) is 1. The Balaban J connectivity index is 2.33. The molecule has 2 aromatic carbocycles. The lowest BCUT2D eigenvalue weighted by atomic mass is 10.1. The molecule has 0 fully saturated rings. The summed E-state index contributed by atoms with van der Waals surface area (Å²) in [6.45, 7) is 2.11. The Kier molecular flexibility index (Phi) is 5.41. The largest absolute Gasteiger partial charge is 0.463 e. The van der Waals surface area contributed by atoms with E-state index in [-0.39, 0.29) is 0 Å². The summed E-state index contributed by atoms with van der Waals surface area (Å²) in [6, 6.07) is 16.9. The van der Waals surface area contributed by atoms with Crippen LogP contribution in [0.15, 0.2) is 60.7 Å². The van der Waals surface area contributed by atoms with Crippen LogP contribution in [-0.2, 0) is 9.53 Å². The smallest absolute Gasteiger partial charge is 0.332 e. The monoisotopic (exact) mass is 301 g/mol. The number of benzene rings is 2. The first kappa shape index (κ1) is 15.1. The zero-order chi connectivity index (χ0) is 15.1. The first-order valence-corrected chi connectivity index (χ1v) is 7.04. The minimum atomic E-state index is -0.393. The van der Waals surface area contributed by atoms with Crippen LogP contribution in [0.3, 0.4) is 0 Å². The molecule has 108 valence electrons. The van der Waals surface area contributed by atoms with Gasteiger partial charge in [-0.2, -0.15) is 0 Å². The van der Waals surface area contributed by atoms with Crippen molar-refractivity contribution < 1.29 is 9.53 Å². The van der Waals surface area contributed by atoms with Crippen LogP contribution in [-0.4, -0.2) is 12.6 Å². The van der Waals surface area contributed by atoms with Crippen molar-refractivity contribution in [3.05, 3.63) is 71.3 Å². The van der Waals surface area contributed by atoms with Crippen LogP contribution in [0.4, 0.5) is 5.69 Å². The Hall–Kier alpha value is -2.26. The molecule has 0 unspecified atom stereocenters. The number of carbonyl (C=O) groups excluding carboxylic acids is 1. The molecule has 2 aromatic rings. The van der Waals surface area contributed by atoms with E-state index in [9.17, 15) is 4.79 Å². The maximum Gasteiger partial charge on any atom is 0.332 e. The first-order chi connectivity index (χ1) is 10.2. The predicted molar refractivity (Wildman–Crippen MR) is 86.1 cm³/mol. The van der Waals surface area contributed by atoms with Gasteiger partial charge in [0.15, 0.2) is 0 Å². The van der Waals surface area contributed by atoms with E-state index in [1.165, 1.54) is 6.08 Å². The van der Waals surface area contributed by atoms with Crippen LogP contribution in [0, 0.1) is 0 Å². The van der Waals surface area contributed by atoms with Gasteiger partial charge in [-0.3, -0.25) is 0 Å². The van der Waals surface area contributed by atoms with Crippen LogP contribution in [0.2, 0.25) is 5.02 Å². The summed E-state index contributed by atoms with van der Waals surface area (Å²) >= 11 is 6.15. The van der Waals surface area contributed by atoms with Crippen LogP contribution >= 0.6 is 11.6 Å². The third-order valence-electron chi connectivity index (χ3n) is 2.78. The molecular weight excluding hydrogens is 286 g/mol. The van der Waals surface area contributed by atoms with Gasteiger partial charge < -0.3 is 10.1 Å². The van der Waals surface area contributed by atoms with Gasteiger partial charge in [-0.1, -0.05) is 54.1 Å². The fraction of sp³-hybridized carbons (Fsp3) is 0.118. The molecule has 0 saturated heterocycles. The number of esters is 1. The van der Waals surface area contributed by atoms with Gasteiger partial charge in [0.05, 0.1) is 23.0 Å². The van der Waals surface area contributed by atoms with Crippen LogP contribution in [0.5, 0.6) is 0 Å². The Labute approximate surface area is 129 Å². The number of hydrogen-bond donors (Lipinski definition) is 1. The second-order valence-corrected chi connectivity index (χ2v) is 4.69.